The Kier molecular flexibility index (Phi) is 6.39. The summed E-state index contributed by atoms with van der Waals surface area (Å²) in [5.41, 5.74) is 3.92. The van der Waals surface area contributed by atoms with Gasteiger partial charge in [0.15, 0.2) is 0 Å². The highest BCUT2D eigenvalue weighted by Crippen LogP contribution is 2.29. The van der Waals surface area contributed by atoms with Gasteiger partial charge in [-0.25, -0.2) is 4.79 Å². The van der Waals surface area contributed by atoms with Gasteiger partial charge in [0.05, 0.1) is 18.3 Å². The van der Waals surface area contributed by atoms with Crippen LogP contribution in [0.15, 0.2) is 35.0 Å². The van der Waals surface area contributed by atoms with Crippen molar-refractivity contribution in [3.05, 3.63) is 52.0 Å². The van der Waals surface area contributed by atoms with Crippen molar-refractivity contribution in [2.45, 2.75) is 58.1 Å². The van der Waals surface area contributed by atoms with Crippen LogP contribution in [0.25, 0.3) is 0 Å². The number of nitrogens with zero attached hydrogens (tertiary/aromatic N) is 2. The van der Waals surface area contributed by atoms with Crippen LogP contribution < -0.4 is 5.32 Å². The molecule has 0 saturated carbocycles. The number of nitrogens with one attached hydrogen (secondary N) is 2. The van der Waals surface area contributed by atoms with E-state index in [2.05, 4.69) is 22.4 Å². The molecule has 27 heavy (non-hydrogen) atoms. The minimum absolute atomic E-state index is 0.133. The van der Waals surface area contributed by atoms with Crippen molar-refractivity contribution in [1.82, 2.24) is 20.4 Å². The molecular weight excluding hydrogens is 364 g/mol. The van der Waals surface area contributed by atoms with Gasteiger partial charge in [-0.1, -0.05) is 30.7 Å². The molecule has 6 nitrogen and oxygen atoms in total. The fraction of sp³-hybridized carbons (Fsp3) is 0.500. The number of hydrogen-bond acceptors (Lipinski definition) is 3. The van der Waals surface area contributed by atoms with Gasteiger partial charge in [-0.3, -0.25) is 5.10 Å². The summed E-state index contributed by atoms with van der Waals surface area (Å²) in [5, 5.41) is 20.7. The summed E-state index contributed by atoms with van der Waals surface area (Å²) in [5.74, 6) is 0.235. The SMILES string of the molecule is CC(O)CCC(C)c1n[nH]c2c1CN(C(=O)NC1=CC(Cl)=CCC=C1)CC2. The first kappa shape index (κ1) is 19.7. The highest BCUT2D eigenvalue weighted by molar-refractivity contribution is 6.31. The maximum Gasteiger partial charge on any atom is 0.322 e. The predicted molar refractivity (Wildman–Crippen MR) is 106 cm³/mol. The number of H-pyrrole nitrogens is 1. The second-order valence-corrected chi connectivity index (χ2v) is 7.76. The smallest absolute Gasteiger partial charge is 0.322 e. The molecule has 7 heteroatoms. The molecular formula is C20H27ClN4O2. The van der Waals surface area contributed by atoms with Crippen LogP contribution in [0.1, 0.15) is 56.0 Å². The Morgan fingerprint density at radius 1 is 1.44 bits per heavy atom. The van der Waals surface area contributed by atoms with Crippen molar-refractivity contribution < 1.29 is 9.90 Å². The molecule has 0 bridgehead atoms. The van der Waals surface area contributed by atoms with Crippen molar-refractivity contribution in [3.63, 3.8) is 0 Å². The average Bonchev–Trinajstić information content (AvgIpc) is 2.95. The monoisotopic (exact) mass is 390 g/mol. The molecule has 0 spiro atoms. The van der Waals surface area contributed by atoms with Crippen molar-refractivity contribution in [3.8, 4) is 0 Å². The van der Waals surface area contributed by atoms with E-state index in [-0.39, 0.29) is 18.1 Å². The van der Waals surface area contributed by atoms with E-state index in [0.29, 0.717) is 23.8 Å². The first-order valence-corrected chi connectivity index (χ1v) is 9.85. The molecule has 1 aromatic rings. The van der Waals surface area contributed by atoms with Crippen LogP contribution in [0, 0.1) is 0 Å². The number of fused-ring (bicyclic) bond motifs is 1. The minimum atomic E-state index is -0.314. The van der Waals surface area contributed by atoms with Crippen LogP contribution in [-0.4, -0.2) is 38.9 Å². The van der Waals surface area contributed by atoms with Crippen molar-refractivity contribution in [2.24, 2.45) is 0 Å². The van der Waals surface area contributed by atoms with E-state index in [1.165, 1.54) is 0 Å². The molecule has 2 heterocycles. The third-order valence-corrected chi connectivity index (χ3v) is 5.29. The Hall–Kier alpha value is -2.05. The zero-order chi connectivity index (χ0) is 19.4. The van der Waals surface area contributed by atoms with Gasteiger partial charge in [0, 0.05) is 40.9 Å². The molecule has 0 radical (unpaired) electrons. The molecule has 0 saturated heterocycles. The van der Waals surface area contributed by atoms with Crippen LogP contribution in [0.4, 0.5) is 4.79 Å². The van der Waals surface area contributed by atoms with Gasteiger partial charge in [-0.2, -0.15) is 5.10 Å². The lowest BCUT2D eigenvalue weighted by molar-refractivity contribution is 0.178. The fourth-order valence-corrected chi connectivity index (χ4v) is 3.64. The third kappa shape index (κ3) is 5.02. The fourth-order valence-electron chi connectivity index (χ4n) is 3.44. The quantitative estimate of drug-likeness (QED) is 0.716. The number of halogens is 1. The summed E-state index contributed by atoms with van der Waals surface area (Å²) in [7, 11) is 0. The van der Waals surface area contributed by atoms with Crippen molar-refractivity contribution >= 4 is 17.6 Å². The molecule has 146 valence electrons. The van der Waals surface area contributed by atoms with Crippen LogP contribution in [-0.2, 0) is 13.0 Å². The number of carbonyl (C=O) groups excluding carboxylic acids is 1. The number of amides is 2. The van der Waals surface area contributed by atoms with E-state index >= 15 is 0 Å². The number of rotatable bonds is 5. The zero-order valence-corrected chi connectivity index (χ0v) is 16.6. The molecule has 2 atom stereocenters. The lowest BCUT2D eigenvalue weighted by Crippen LogP contribution is -2.42. The van der Waals surface area contributed by atoms with Gasteiger partial charge in [-0.05, 0) is 38.3 Å². The second kappa shape index (κ2) is 8.76. The van der Waals surface area contributed by atoms with Gasteiger partial charge < -0.3 is 15.3 Å². The van der Waals surface area contributed by atoms with Crippen molar-refractivity contribution in [2.75, 3.05) is 6.54 Å². The van der Waals surface area contributed by atoms with Crippen LogP contribution in [0.3, 0.4) is 0 Å². The van der Waals surface area contributed by atoms with Gasteiger partial charge in [0.1, 0.15) is 0 Å². The van der Waals surface area contributed by atoms with Crippen LogP contribution in [0.2, 0.25) is 0 Å². The lowest BCUT2D eigenvalue weighted by atomic mass is 9.94. The number of aromatic nitrogens is 2. The van der Waals surface area contributed by atoms with E-state index < -0.39 is 0 Å². The number of hydrogen-bond donors (Lipinski definition) is 3. The van der Waals surface area contributed by atoms with E-state index in [1.54, 1.807) is 17.9 Å². The Labute approximate surface area is 165 Å². The largest absolute Gasteiger partial charge is 0.393 e. The van der Waals surface area contributed by atoms with Gasteiger partial charge in [0.2, 0.25) is 0 Å². The highest BCUT2D eigenvalue weighted by Gasteiger charge is 2.27. The summed E-state index contributed by atoms with van der Waals surface area (Å²) in [6, 6.07) is -0.133. The second-order valence-electron chi connectivity index (χ2n) is 7.32. The molecule has 2 amide bonds. The average molecular weight is 391 g/mol. The number of aliphatic hydroxyl groups excluding tert-OH is 1. The third-order valence-electron chi connectivity index (χ3n) is 5.03. The Bertz CT molecular complexity index is 779. The molecule has 2 aliphatic rings. The van der Waals surface area contributed by atoms with E-state index in [9.17, 15) is 9.90 Å². The number of carbonyl (C=O) groups is 1. The normalized spacial score (nSPS) is 18.9. The zero-order valence-electron chi connectivity index (χ0n) is 15.8. The van der Waals surface area contributed by atoms with Gasteiger partial charge >= 0.3 is 6.03 Å². The van der Waals surface area contributed by atoms with Gasteiger partial charge in [-0.15, -0.1) is 0 Å². The van der Waals surface area contributed by atoms with Gasteiger partial charge in [0.25, 0.3) is 0 Å². The molecule has 0 aromatic carbocycles. The predicted octanol–water partition coefficient (Wildman–Crippen LogP) is 3.71. The number of aliphatic hydroxyl groups is 1. The lowest BCUT2D eigenvalue weighted by Gasteiger charge is -2.28. The first-order valence-electron chi connectivity index (χ1n) is 9.48. The van der Waals surface area contributed by atoms with Crippen LogP contribution >= 0.6 is 11.6 Å². The van der Waals surface area contributed by atoms with Crippen LogP contribution in [0.5, 0.6) is 0 Å². The minimum Gasteiger partial charge on any atom is -0.393 e. The molecule has 0 fully saturated rings. The Balaban J connectivity index is 1.67. The van der Waals surface area contributed by atoms with Crippen molar-refractivity contribution in [1.29, 1.82) is 0 Å². The highest BCUT2D eigenvalue weighted by atomic mass is 35.5. The van der Waals surface area contributed by atoms with E-state index in [1.807, 2.05) is 18.2 Å². The molecule has 1 aliphatic heterocycles. The summed E-state index contributed by atoms with van der Waals surface area (Å²) in [6.07, 6.45) is 10.3. The maximum absolute atomic E-state index is 12.7. The Morgan fingerprint density at radius 2 is 2.26 bits per heavy atom. The molecule has 3 rings (SSSR count). The molecule has 2 unspecified atom stereocenters. The van der Waals surface area contributed by atoms with E-state index in [4.69, 9.17) is 11.6 Å². The number of aromatic amines is 1. The maximum atomic E-state index is 12.7. The Morgan fingerprint density at radius 3 is 3.04 bits per heavy atom. The summed E-state index contributed by atoms with van der Waals surface area (Å²) < 4.78 is 0. The number of allylic oxidation sites excluding steroid dienone is 5. The molecule has 3 N–H and O–H groups in total. The summed E-state index contributed by atoms with van der Waals surface area (Å²) >= 11 is 6.09. The molecule has 1 aromatic heterocycles. The first-order chi connectivity index (χ1) is 12.9. The standard InChI is InChI=1S/C20H27ClN4O2/c1-13(7-8-14(2)26)19-17-12-25(10-9-18(17)23-24-19)20(27)22-16-6-4-3-5-15(21)11-16/h4-6,11,13-14,26H,3,7-10,12H2,1-2H3,(H,22,27)(H,23,24). The summed E-state index contributed by atoms with van der Waals surface area (Å²) in [4.78, 5) is 14.5. The number of urea groups is 1. The molecule has 1 aliphatic carbocycles. The van der Waals surface area contributed by atoms with E-state index in [0.717, 1.165) is 42.6 Å². The summed E-state index contributed by atoms with van der Waals surface area (Å²) in [6.45, 7) is 5.10. The topological polar surface area (TPSA) is 81.2 Å².